The van der Waals surface area contributed by atoms with Crippen molar-refractivity contribution >= 4 is 28.6 Å². The summed E-state index contributed by atoms with van der Waals surface area (Å²) in [5, 5.41) is 7.27. The summed E-state index contributed by atoms with van der Waals surface area (Å²) in [5.41, 5.74) is 1.73. The highest BCUT2D eigenvalue weighted by atomic mass is 16.5. The number of amides is 1. The van der Waals surface area contributed by atoms with Crippen LogP contribution in [0.3, 0.4) is 0 Å². The molecule has 1 amide bonds. The minimum Gasteiger partial charge on any atom is -0.462 e. The molecule has 2 aromatic heterocycles. The monoisotopic (exact) mass is 417 g/mol. The molecule has 0 saturated heterocycles. The van der Waals surface area contributed by atoms with Crippen LogP contribution in [0, 0.1) is 0 Å². The lowest BCUT2D eigenvalue weighted by Gasteiger charge is -2.08. The maximum absolute atomic E-state index is 12.8. The molecule has 4 aromatic rings. The molecule has 31 heavy (non-hydrogen) atoms. The predicted octanol–water partition coefficient (Wildman–Crippen LogP) is 2.40. The van der Waals surface area contributed by atoms with Crippen LogP contribution >= 0.6 is 0 Å². The first kappa shape index (κ1) is 20.0. The van der Waals surface area contributed by atoms with Crippen LogP contribution in [0.1, 0.15) is 17.3 Å². The van der Waals surface area contributed by atoms with E-state index < -0.39 is 11.9 Å². The molecule has 0 radical (unpaired) electrons. The Morgan fingerprint density at radius 2 is 1.81 bits per heavy atom. The SMILES string of the molecule is CCOC(=O)c1ccc(NC(=O)Cn2cnc3c(cnn3-c3ccccc3)c2=O)cc1. The number of carbonyl (C=O) groups is 2. The number of ether oxygens (including phenoxy) is 1. The van der Waals surface area contributed by atoms with E-state index >= 15 is 0 Å². The highest BCUT2D eigenvalue weighted by Gasteiger charge is 2.13. The van der Waals surface area contributed by atoms with Gasteiger partial charge < -0.3 is 10.1 Å². The summed E-state index contributed by atoms with van der Waals surface area (Å²) in [4.78, 5) is 41.2. The van der Waals surface area contributed by atoms with Gasteiger partial charge in [0.2, 0.25) is 5.91 Å². The number of aromatic nitrogens is 4. The van der Waals surface area contributed by atoms with Crippen LogP contribution in [0.15, 0.2) is 71.9 Å². The van der Waals surface area contributed by atoms with Gasteiger partial charge in [-0.25, -0.2) is 14.5 Å². The number of benzene rings is 2. The normalized spacial score (nSPS) is 10.7. The van der Waals surface area contributed by atoms with Crippen LogP contribution in [-0.4, -0.2) is 37.8 Å². The largest absolute Gasteiger partial charge is 0.462 e. The van der Waals surface area contributed by atoms with Gasteiger partial charge in [-0.2, -0.15) is 5.10 Å². The molecule has 4 rings (SSSR count). The van der Waals surface area contributed by atoms with E-state index in [2.05, 4.69) is 15.4 Å². The van der Waals surface area contributed by atoms with Crippen molar-refractivity contribution < 1.29 is 14.3 Å². The smallest absolute Gasteiger partial charge is 0.338 e. The molecule has 0 bridgehead atoms. The molecule has 0 aliphatic heterocycles. The van der Waals surface area contributed by atoms with Gasteiger partial charge >= 0.3 is 5.97 Å². The second-order valence-corrected chi connectivity index (χ2v) is 6.65. The van der Waals surface area contributed by atoms with Crippen LogP contribution < -0.4 is 10.9 Å². The Bertz CT molecular complexity index is 1290. The third-order valence-corrected chi connectivity index (χ3v) is 4.55. The Kier molecular flexibility index (Phi) is 5.57. The van der Waals surface area contributed by atoms with Crippen LogP contribution in [0.4, 0.5) is 5.69 Å². The zero-order chi connectivity index (χ0) is 21.8. The van der Waals surface area contributed by atoms with E-state index in [1.54, 1.807) is 35.9 Å². The fourth-order valence-corrected chi connectivity index (χ4v) is 3.08. The van der Waals surface area contributed by atoms with Crippen molar-refractivity contribution in [2.24, 2.45) is 0 Å². The number of anilines is 1. The van der Waals surface area contributed by atoms with Crippen molar-refractivity contribution in [1.82, 2.24) is 19.3 Å². The molecule has 9 nitrogen and oxygen atoms in total. The molecule has 0 fully saturated rings. The van der Waals surface area contributed by atoms with Gasteiger partial charge in [-0.05, 0) is 43.3 Å². The van der Waals surface area contributed by atoms with E-state index in [9.17, 15) is 14.4 Å². The predicted molar refractivity (Wildman–Crippen MR) is 114 cm³/mol. The molecule has 1 N–H and O–H groups in total. The molecule has 0 atom stereocenters. The topological polar surface area (TPSA) is 108 Å². The van der Waals surface area contributed by atoms with Crippen LogP contribution in [0.5, 0.6) is 0 Å². The lowest BCUT2D eigenvalue weighted by molar-refractivity contribution is -0.116. The van der Waals surface area contributed by atoms with Crippen LogP contribution in [-0.2, 0) is 16.1 Å². The zero-order valence-corrected chi connectivity index (χ0v) is 16.7. The van der Waals surface area contributed by atoms with E-state index in [1.807, 2.05) is 30.3 Å². The number of fused-ring (bicyclic) bond motifs is 1. The van der Waals surface area contributed by atoms with E-state index in [1.165, 1.54) is 17.1 Å². The van der Waals surface area contributed by atoms with Crippen molar-refractivity contribution in [3.05, 3.63) is 83.0 Å². The van der Waals surface area contributed by atoms with Crippen molar-refractivity contribution in [3.63, 3.8) is 0 Å². The van der Waals surface area contributed by atoms with Gasteiger partial charge in [0.15, 0.2) is 5.65 Å². The Hall–Kier alpha value is -4.27. The fourth-order valence-electron chi connectivity index (χ4n) is 3.08. The Morgan fingerprint density at radius 3 is 2.52 bits per heavy atom. The molecule has 2 heterocycles. The van der Waals surface area contributed by atoms with Crippen LogP contribution in [0.25, 0.3) is 16.7 Å². The number of esters is 1. The van der Waals surface area contributed by atoms with E-state index in [0.29, 0.717) is 22.3 Å². The number of rotatable bonds is 6. The average molecular weight is 417 g/mol. The first-order chi connectivity index (χ1) is 15.1. The maximum atomic E-state index is 12.8. The van der Waals surface area contributed by atoms with Crippen molar-refractivity contribution in [3.8, 4) is 5.69 Å². The van der Waals surface area contributed by atoms with Gasteiger partial charge in [0.1, 0.15) is 18.3 Å². The van der Waals surface area contributed by atoms with E-state index in [0.717, 1.165) is 5.69 Å². The van der Waals surface area contributed by atoms with Crippen LogP contribution in [0.2, 0.25) is 0 Å². The number of para-hydroxylation sites is 1. The van der Waals surface area contributed by atoms with E-state index in [4.69, 9.17) is 4.74 Å². The summed E-state index contributed by atoms with van der Waals surface area (Å²) >= 11 is 0. The second kappa shape index (κ2) is 8.62. The molecule has 2 aromatic carbocycles. The molecule has 156 valence electrons. The molecular weight excluding hydrogens is 398 g/mol. The molecule has 0 aliphatic carbocycles. The number of hydrogen-bond donors (Lipinski definition) is 1. The van der Waals surface area contributed by atoms with Gasteiger partial charge in [-0.15, -0.1) is 0 Å². The lowest BCUT2D eigenvalue weighted by atomic mass is 10.2. The summed E-state index contributed by atoms with van der Waals surface area (Å²) in [6.07, 6.45) is 2.77. The first-order valence-electron chi connectivity index (χ1n) is 9.62. The fraction of sp³-hybridized carbons (Fsp3) is 0.136. The Balaban J connectivity index is 1.50. The number of carbonyl (C=O) groups excluding carboxylic acids is 2. The average Bonchev–Trinajstić information content (AvgIpc) is 3.22. The standard InChI is InChI=1S/C22H19N5O4/c1-2-31-22(30)15-8-10-16(11-9-15)25-19(28)13-26-14-23-20-18(21(26)29)12-24-27(20)17-6-4-3-5-7-17/h3-12,14H,2,13H2,1H3,(H,25,28). The van der Waals surface area contributed by atoms with E-state index in [-0.39, 0.29) is 18.7 Å². The third-order valence-electron chi connectivity index (χ3n) is 4.55. The summed E-state index contributed by atoms with van der Waals surface area (Å²) in [5.74, 6) is -0.829. The summed E-state index contributed by atoms with van der Waals surface area (Å²) in [6, 6.07) is 15.7. The third kappa shape index (κ3) is 4.20. The molecule has 9 heteroatoms. The Morgan fingerprint density at radius 1 is 1.06 bits per heavy atom. The molecule has 0 aliphatic rings. The quantitative estimate of drug-likeness (QED) is 0.483. The van der Waals surface area contributed by atoms with Gasteiger partial charge in [-0.1, -0.05) is 18.2 Å². The lowest BCUT2D eigenvalue weighted by Crippen LogP contribution is -2.27. The zero-order valence-electron chi connectivity index (χ0n) is 16.7. The molecule has 0 saturated carbocycles. The summed E-state index contributed by atoms with van der Waals surface area (Å²) < 4.78 is 7.73. The second-order valence-electron chi connectivity index (χ2n) is 6.65. The number of hydrogen-bond acceptors (Lipinski definition) is 6. The summed E-state index contributed by atoms with van der Waals surface area (Å²) in [6.45, 7) is 1.81. The molecule has 0 unspecified atom stereocenters. The highest BCUT2D eigenvalue weighted by molar-refractivity contribution is 5.93. The summed E-state index contributed by atoms with van der Waals surface area (Å²) in [7, 11) is 0. The molecular formula is C22H19N5O4. The first-order valence-corrected chi connectivity index (χ1v) is 9.62. The van der Waals surface area contributed by atoms with Gasteiger partial charge in [0.05, 0.1) is 24.1 Å². The van der Waals surface area contributed by atoms with Gasteiger partial charge in [-0.3, -0.25) is 14.2 Å². The minimum atomic E-state index is -0.428. The highest BCUT2D eigenvalue weighted by Crippen LogP contribution is 2.13. The van der Waals surface area contributed by atoms with Crippen molar-refractivity contribution in [2.75, 3.05) is 11.9 Å². The number of nitrogens with one attached hydrogen (secondary N) is 1. The van der Waals surface area contributed by atoms with Crippen molar-refractivity contribution in [1.29, 1.82) is 0 Å². The maximum Gasteiger partial charge on any atom is 0.338 e. The molecule has 0 spiro atoms. The van der Waals surface area contributed by atoms with Crippen molar-refractivity contribution in [2.45, 2.75) is 13.5 Å². The van der Waals surface area contributed by atoms with Gasteiger partial charge in [0, 0.05) is 5.69 Å². The Labute approximate surface area is 176 Å². The van der Waals surface area contributed by atoms with Gasteiger partial charge in [0.25, 0.3) is 5.56 Å². The minimum absolute atomic E-state index is 0.210. The number of nitrogens with zero attached hydrogens (tertiary/aromatic N) is 4.